The minimum atomic E-state index is 0.517. The molecule has 0 aliphatic heterocycles. The van der Waals surface area contributed by atoms with E-state index in [1.165, 1.54) is 44.1 Å². The Bertz CT molecular complexity index is 369. The highest BCUT2D eigenvalue weighted by atomic mass is 15.0. The third-order valence-electron chi connectivity index (χ3n) is 4.42. The Morgan fingerprint density at radius 2 is 2.00 bits per heavy atom. The lowest BCUT2D eigenvalue weighted by Gasteiger charge is -2.37. The van der Waals surface area contributed by atoms with E-state index in [0.29, 0.717) is 17.5 Å². The monoisotopic (exact) mass is 259 g/mol. The van der Waals surface area contributed by atoms with Gasteiger partial charge in [0.25, 0.3) is 0 Å². The van der Waals surface area contributed by atoms with E-state index >= 15 is 0 Å². The van der Waals surface area contributed by atoms with Crippen LogP contribution in [0.25, 0.3) is 0 Å². The second-order valence-corrected chi connectivity index (χ2v) is 6.88. The summed E-state index contributed by atoms with van der Waals surface area (Å²) in [5.41, 5.74) is 1.97. The molecule has 0 radical (unpaired) electrons. The highest BCUT2D eigenvalue weighted by Crippen LogP contribution is 2.36. The summed E-state index contributed by atoms with van der Waals surface area (Å²) >= 11 is 0. The van der Waals surface area contributed by atoms with Crippen molar-refractivity contribution in [2.24, 2.45) is 5.41 Å². The fourth-order valence-electron chi connectivity index (χ4n) is 3.45. The molecule has 0 spiro atoms. The number of hydrogen-bond acceptors (Lipinski definition) is 1. The Kier molecular flexibility index (Phi) is 5.04. The smallest absolute Gasteiger partial charge is 0.0322 e. The molecule has 1 saturated carbocycles. The molecule has 19 heavy (non-hydrogen) atoms. The molecular formula is C18H29N. The normalized spacial score (nSPS) is 24.1. The predicted octanol–water partition coefficient (Wildman–Crippen LogP) is 5.09. The van der Waals surface area contributed by atoms with E-state index in [1.54, 1.807) is 0 Å². The third-order valence-corrected chi connectivity index (χ3v) is 4.42. The minimum absolute atomic E-state index is 0.517. The van der Waals surface area contributed by atoms with Crippen molar-refractivity contribution >= 4 is 0 Å². The van der Waals surface area contributed by atoms with Crippen LogP contribution >= 0.6 is 0 Å². The first-order valence-electron chi connectivity index (χ1n) is 7.92. The number of hydrogen-bond donors (Lipinski definition) is 1. The van der Waals surface area contributed by atoms with Gasteiger partial charge in [0.1, 0.15) is 0 Å². The zero-order valence-corrected chi connectivity index (χ0v) is 12.8. The Balaban J connectivity index is 2.01. The van der Waals surface area contributed by atoms with Gasteiger partial charge in [0.15, 0.2) is 0 Å². The van der Waals surface area contributed by atoms with Crippen molar-refractivity contribution in [3.63, 3.8) is 0 Å². The maximum Gasteiger partial charge on any atom is 0.0322 e. The van der Waals surface area contributed by atoms with E-state index in [2.05, 4.69) is 56.4 Å². The molecule has 0 amide bonds. The lowest BCUT2D eigenvalue weighted by atomic mass is 9.75. The molecule has 0 aromatic heterocycles. The van der Waals surface area contributed by atoms with Gasteiger partial charge in [0, 0.05) is 12.1 Å². The number of rotatable bonds is 5. The zero-order valence-electron chi connectivity index (χ0n) is 12.8. The molecule has 1 aromatic carbocycles. The molecule has 1 aromatic rings. The van der Waals surface area contributed by atoms with Crippen molar-refractivity contribution in [3.8, 4) is 0 Å². The highest BCUT2D eigenvalue weighted by molar-refractivity contribution is 5.19. The molecule has 0 bridgehead atoms. The SMILES string of the molecule is CCCC(NC1CCCC(C)(C)C1)c1ccccc1. The summed E-state index contributed by atoms with van der Waals surface area (Å²) in [5, 5.41) is 3.93. The zero-order chi connectivity index (χ0) is 13.7. The van der Waals surface area contributed by atoms with Crippen molar-refractivity contribution in [1.82, 2.24) is 5.32 Å². The van der Waals surface area contributed by atoms with E-state index in [-0.39, 0.29) is 0 Å². The Hall–Kier alpha value is -0.820. The highest BCUT2D eigenvalue weighted by Gasteiger charge is 2.29. The van der Waals surface area contributed by atoms with Gasteiger partial charge in [0.2, 0.25) is 0 Å². The standard InChI is InChI=1S/C18H29N/c1-4-9-17(15-10-6-5-7-11-15)19-16-12-8-13-18(2,3)14-16/h5-7,10-11,16-17,19H,4,8-9,12-14H2,1-3H3. The summed E-state index contributed by atoms with van der Waals surface area (Å²) in [6.45, 7) is 7.11. The summed E-state index contributed by atoms with van der Waals surface area (Å²) in [5.74, 6) is 0. The molecule has 1 fully saturated rings. The molecular weight excluding hydrogens is 230 g/mol. The summed E-state index contributed by atoms with van der Waals surface area (Å²) in [6, 6.07) is 12.2. The summed E-state index contributed by atoms with van der Waals surface area (Å²) in [7, 11) is 0. The van der Waals surface area contributed by atoms with Gasteiger partial charge >= 0.3 is 0 Å². The van der Waals surface area contributed by atoms with Crippen LogP contribution < -0.4 is 5.32 Å². The van der Waals surface area contributed by atoms with Crippen LogP contribution in [0.15, 0.2) is 30.3 Å². The molecule has 1 aliphatic carbocycles. The largest absolute Gasteiger partial charge is 0.307 e. The molecule has 2 unspecified atom stereocenters. The first kappa shape index (κ1) is 14.6. The molecule has 1 nitrogen and oxygen atoms in total. The Labute approximate surface area is 118 Å². The quantitative estimate of drug-likeness (QED) is 0.777. The second kappa shape index (κ2) is 6.56. The van der Waals surface area contributed by atoms with Crippen LogP contribution in [0.4, 0.5) is 0 Å². The van der Waals surface area contributed by atoms with Gasteiger partial charge in [0.05, 0.1) is 0 Å². The van der Waals surface area contributed by atoms with Crippen LogP contribution in [0.2, 0.25) is 0 Å². The number of benzene rings is 1. The van der Waals surface area contributed by atoms with Gasteiger partial charge in [-0.1, -0.05) is 63.9 Å². The predicted molar refractivity (Wildman–Crippen MR) is 83.3 cm³/mol. The van der Waals surface area contributed by atoms with E-state index in [9.17, 15) is 0 Å². The van der Waals surface area contributed by atoms with Crippen molar-refractivity contribution in [2.45, 2.75) is 71.4 Å². The maximum atomic E-state index is 3.93. The van der Waals surface area contributed by atoms with E-state index in [0.717, 1.165) is 0 Å². The fraction of sp³-hybridized carbons (Fsp3) is 0.667. The van der Waals surface area contributed by atoms with Crippen LogP contribution in [0.5, 0.6) is 0 Å². The average molecular weight is 259 g/mol. The number of nitrogens with one attached hydrogen (secondary N) is 1. The lowest BCUT2D eigenvalue weighted by molar-refractivity contribution is 0.187. The maximum absolute atomic E-state index is 3.93. The van der Waals surface area contributed by atoms with Crippen LogP contribution in [0.3, 0.4) is 0 Å². The Morgan fingerprint density at radius 3 is 2.63 bits per heavy atom. The van der Waals surface area contributed by atoms with Gasteiger partial charge in [-0.2, -0.15) is 0 Å². The van der Waals surface area contributed by atoms with E-state index < -0.39 is 0 Å². The summed E-state index contributed by atoms with van der Waals surface area (Å²) in [6.07, 6.45) is 7.90. The van der Waals surface area contributed by atoms with Crippen molar-refractivity contribution in [3.05, 3.63) is 35.9 Å². The van der Waals surface area contributed by atoms with Gasteiger partial charge in [-0.25, -0.2) is 0 Å². The van der Waals surface area contributed by atoms with Crippen molar-refractivity contribution < 1.29 is 0 Å². The van der Waals surface area contributed by atoms with Gasteiger partial charge in [-0.05, 0) is 36.7 Å². The van der Waals surface area contributed by atoms with Crippen molar-refractivity contribution in [1.29, 1.82) is 0 Å². The van der Waals surface area contributed by atoms with Crippen LogP contribution in [0, 0.1) is 5.41 Å². The summed E-state index contributed by atoms with van der Waals surface area (Å²) < 4.78 is 0. The van der Waals surface area contributed by atoms with Gasteiger partial charge < -0.3 is 5.32 Å². The van der Waals surface area contributed by atoms with E-state index in [4.69, 9.17) is 0 Å². The minimum Gasteiger partial charge on any atom is -0.307 e. The first-order chi connectivity index (χ1) is 9.11. The van der Waals surface area contributed by atoms with Crippen LogP contribution in [-0.4, -0.2) is 6.04 Å². The topological polar surface area (TPSA) is 12.0 Å². The second-order valence-electron chi connectivity index (χ2n) is 6.88. The van der Waals surface area contributed by atoms with Crippen LogP contribution in [0.1, 0.15) is 70.9 Å². The van der Waals surface area contributed by atoms with E-state index in [1.807, 2.05) is 0 Å². The molecule has 1 aliphatic rings. The van der Waals surface area contributed by atoms with Crippen LogP contribution in [-0.2, 0) is 0 Å². The molecule has 2 atom stereocenters. The Morgan fingerprint density at radius 1 is 1.26 bits per heavy atom. The molecule has 106 valence electrons. The first-order valence-corrected chi connectivity index (χ1v) is 7.92. The third kappa shape index (κ3) is 4.35. The fourth-order valence-corrected chi connectivity index (χ4v) is 3.45. The molecule has 0 saturated heterocycles. The van der Waals surface area contributed by atoms with Crippen molar-refractivity contribution in [2.75, 3.05) is 0 Å². The van der Waals surface area contributed by atoms with Gasteiger partial charge in [-0.15, -0.1) is 0 Å². The molecule has 1 heteroatoms. The summed E-state index contributed by atoms with van der Waals surface area (Å²) in [4.78, 5) is 0. The lowest BCUT2D eigenvalue weighted by Crippen LogP contribution is -2.39. The molecule has 2 rings (SSSR count). The molecule has 0 heterocycles. The average Bonchev–Trinajstić information content (AvgIpc) is 2.38. The molecule has 1 N–H and O–H groups in total. The van der Waals surface area contributed by atoms with Gasteiger partial charge in [-0.3, -0.25) is 0 Å².